The van der Waals surface area contributed by atoms with Gasteiger partial charge in [-0.05, 0) is 74.2 Å². The van der Waals surface area contributed by atoms with E-state index >= 15 is 0 Å². The molecule has 1 heterocycles. The maximum Gasteiger partial charge on any atom is 0.302 e. The van der Waals surface area contributed by atoms with Gasteiger partial charge in [-0.3, -0.25) is 4.79 Å². The fourth-order valence-corrected chi connectivity index (χ4v) is 9.35. The van der Waals surface area contributed by atoms with Crippen molar-refractivity contribution < 1.29 is 14.1 Å². The van der Waals surface area contributed by atoms with Crippen molar-refractivity contribution >= 4 is 21.9 Å². The molecule has 6 rings (SSSR count). The van der Waals surface area contributed by atoms with Crippen molar-refractivity contribution in [2.24, 2.45) is 28.6 Å². The van der Waals surface area contributed by atoms with Gasteiger partial charge >= 0.3 is 5.97 Å². The fourth-order valence-electron chi connectivity index (χ4n) is 8.94. The monoisotopic (exact) mass is 551 g/mol. The average molecular weight is 553 g/mol. The van der Waals surface area contributed by atoms with Gasteiger partial charge in [0.15, 0.2) is 0 Å². The second kappa shape index (κ2) is 9.15. The first-order valence-corrected chi connectivity index (χ1v) is 14.7. The Balaban J connectivity index is 1.20. The first-order valence-electron chi connectivity index (χ1n) is 13.9. The maximum atomic E-state index is 11.5. The molecule has 3 saturated carbocycles. The number of halogens is 1. The third-order valence-electron chi connectivity index (χ3n) is 10.7. The second-order valence-electron chi connectivity index (χ2n) is 12.5. The van der Waals surface area contributed by atoms with Crippen molar-refractivity contribution in [1.29, 1.82) is 0 Å². The van der Waals surface area contributed by atoms with Gasteiger partial charge in [-0.1, -0.05) is 59.6 Å². The highest BCUT2D eigenvalue weighted by Crippen LogP contribution is 2.67. The lowest BCUT2D eigenvalue weighted by Gasteiger charge is -2.57. The highest BCUT2D eigenvalue weighted by Gasteiger charge is 2.60. The van der Waals surface area contributed by atoms with E-state index in [1.54, 1.807) is 12.5 Å². The molecule has 36 heavy (non-hydrogen) atoms. The van der Waals surface area contributed by atoms with E-state index in [4.69, 9.17) is 4.74 Å². The number of aromatic nitrogens is 2. The standard InChI is InChI=1S/C31H40BrN2O2/c1-21(35)36-24-12-14-30(2)23(18-24)8-9-25-26-10-11-29(31(26,3)15-13-27(25)30)34-17-16-33(20-34)19-22-6-4-5-7-28(22)32/h4-8,16-17,20,24-27,29H,9-15,18-19H2,1-3H3/q+1/t24-,25-,26-,27-,29-,30-,31-/m0/s1. The molecule has 4 aliphatic rings. The molecule has 0 spiro atoms. The second-order valence-corrected chi connectivity index (χ2v) is 13.4. The van der Waals surface area contributed by atoms with Crippen molar-refractivity contribution in [3.8, 4) is 0 Å². The number of nitrogens with zero attached hydrogens (tertiary/aromatic N) is 2. The van der Waals surface area contributed by atoms with Crippen LogP contribution in [0.15, 0.2) is 59.1 Å². The van der Waals surface area contributed by atoms with Crippen LogP contribution in [0.2, 0.25) is 0 Å². The van der Waals surface area contributed by atoms with Crippen molar-refractivity contribution in [2.45, 2.75) is 90.8 Å². The van der Waals surface area contributed by atoms with Crippen LogP contribution in [-0.4, -0.2) is 16.6 Å². The predicted molar refractivity (Wildman–Crippen MR) is 144 cm³/mol. The Morgan fingerprint density at radius 3 is 2.78 bits per heavy atom. The minimum atomic E-state index is -0.133. The number of ether oxygens (including phenoxy) is 1. The van der Waals surface area contributed by atoms with Gasteiger partial charge in [-0.25, -0.2) is 9.13 Å². The molecule has 0 aliphatic heterocycles. The molecule has 0 unspecified atom stereocenters. The van der Waals surface area contributed by atoms with Crippen LogP contribution >= 0.6 is 15.9 Å². The van der Waals surface area contributed by atoms with Crippen LogP contribution in [0.25, 0.3) is 0 Å². The molecule has 192 valence electrons. The number of fused-ring (bicyclic) bond motifs is 5. The minimum absolute atomic E-state index is 0.0834. The molecule has 0 N–H and O–H groups in total. The summed E-state index contributed by atoms with van der Waals surface area (Å²) < 4.78 is 11.7. The highest BCUT2D eigenvalue weighted by atomic mass is 79.9. The molecule has 3 fully saturated rings. The molecule has 1 aromatic carbocycles. The SMILES string of the molecule is CC(=O)O[C@H]1CC[C@@]2(C)C(=CC[C@H]3[C@@H]4CC[C@H](n5cc[n+](Cc6ccccc6Br)c5)[C@@]4(C)CC[C@@H]32)C1. The molecular formula is C31H40BrN2O2+. The molecular weight excluding hydrogens is 512 g/mol. The number of carbonyl (C=O) groups excluding carboxylic acids is 1. The van der Waals surface area contributed by atoms with Gasteiger partial charge in [0.05, 0.1) is 0 Å². The van der Waals surface area contributed by atoms with Crippen molar-refractivity contribution in [2.75, 3.05) is 0 Å². The summed E-state index contributed by atoms with van der Waals surface area (Å²) in [7, 11) is 0. The van der Waals surface area contributed by atoms with E-state index in [0.29, 0.717) is 16.9 Å². The lowest BCUT2D eigenvalue weighted by molar-refractivity contribution is -0.688. The van der Waals surface area contributed by atoms with Crippen molar-refractivity contribution in [1.82, 2.24) is 4.57 Å². The number of benzene rings is 1. The van der Waals surface area contributed by atoms with E-state index in [1.807, 2.05) is 0 Å². The zero-order chi connectivity index (χ0) is 25.1. The van der Waals surface area contributed by atoms with Crippen LogP contribution in [0.5, 0.6) is 0 Å². The highest BCUT2D eigenvalue weighted by molar-refractivity contribution is 9.10. The predicted octanol–water partition coefficient (Wildman–Crippen LogP) is 7.02. The van der Waals surface area contributed by atoms with E-state index in [2.05, 4.69) is 88.0 Å². The number of imidazole rings is 1. The first kappa shape index (κ1) is 24.5. The Labute approximate surface area is 224 Å². The summed E-state index contributed by atoms with van der Waals surface area (Å²) in [4.78, 5) is 11.5. The largest absolute Gasteiger partial charge is 0.462 e. The van der Waals surface area contributed by atoms with Crippen LogP contribution in [-0.2, 0) is 16.1 Å². The molecule has 7 atom stereocenters. The molecule has 0 saturated heterocycles. The van der Waals surface area contributed by atoms with Crippen LogP contribution in [0, 0.1) is 28.6 Å². The van der Waals surface area contributed by atoms with E-state index in [1.165, 1.54) is 42.1 Å². The van der Waals surface area contributed by atoms with Gasteiger partial charge in [0, 0.05) is 28.8 Å². The van der Waals surface area contributed by atoms with Crippen molar-refractivity contribution in [3.05, 3.63) is 64.7 Å². The molecule has 4 aliphatic carbocycles. The molecule has 0 amide bonds. The summed E-state index contributed by atoms with van der Waals surface area (Å²) in [5, 5.41) is 0. The van der Waals surface area contributed by atoms with Gasteiger partial charge in [0.25, 0.3) is 0 Å². The smallest absolute Gasteiger partial charge is 0.302 e. The average Bonchev–Trinajstić information content (AvgIpc) is 3.44. The van der Waals surface area contributed by atoms with Gasteiger partial charge in [0.2, 0.25) is 6.33 Å². The summed E-state index contributed by atoms with van der Waals surface area (Å²) in [6.45, 7) is 7.57. The Hall–Kier alpha value is -1.88. The van der Waals surface area contributed by atoms with Gasteiger partial charge in [-0.15, -0.1) is 0 Å². The topological polar surface area (TPSA) is 35.1 Å². The number of esters is 1. The molecule has 0 radical (unpaired) electrons. The molecule has 5 heteroatoms. The molecule has 1 aromatic heterocycles. The number of hydrogen-bond donors (Lipinski definition) is 0. The quantitative estimate of drug-likeness (QED) is 0.232. The van der Waals surface area contributed by atoms with Gasteiger partial charge in [0.1, 0.15) is 31.1 Å². The van der Waals surface area contributed by atoms with Crippen LogP contribution in [0.4, 0.5) is 0 Å². The molecule has 2 aromatic rings. The lowest BCUT2D eigenvalue weighted by Crippen LogP contribution is -2.50. The van der Waals surface area contributed by atoms with E-state index in [9.17, 15) is 4.79 Å². The minimum Gasteiger partial charge on any atom is -0.462 e. The summed E-state index contributed by atoms with van der Waals surface area (Å²) in [5.74, 6) is 2.22. The van der Waals surface area contributed by atoms with E-state index in [0.717, 1.165) is 43.6 Å². The molecule has 0 bridgehead atoms. The number of carbonyl (C=O) groups is 1. The number of allylic oxidation sites excluding steroid dienone is 1. The third-order valence-corrected chi connectivity index (χ3v) is 11.5. The number of hydrogen-bond acceptors (Lipinski definition) is 2. The summed E-state index contributed by atoms with van der Waals surface area (Å²) >= 11 is 3.71. The summed E-state index contributed by atoms with van der Waals surface area (Å²) in [6, 6.07) is 9.11. The Kier molecular flexibility index (Phi) is 6.21. The first-order chi connectivity index (χ1) is 17.3. The fraction of sp³-hybridized carbons (Fsp3) is 0.613. The zero-order valence-corrected chi connectivity index (χ0v) is 23.5. The zero-order valence-electron chi connectivity index (χ0n) is 22.0. The summed E-state index contributed by atoms with van der Waals surface area (Å²) in [5.41, 5.74) is 3.55. The number of rotatable bonds is 4. The Morgan fingerprint density at radius 2 is 1.97 bits per heavy atom. The van der Waals surface area contributed by atoms with E-state index < -0.39 is 0 Å². The van der Waals surface area contributed by atoms with Gasteiger partial charge in [-0.2, -0.15) is 0 Å². The third kappa shape index (κ3) is 4.01. The van der Waals surface area contributed by atoms with E-state index in [-0.39, 0.29) is 12.1 Å². The Bertz CT molecular complexity index is 1190. The normalized spacial score (nSPS) is 37.4. The van der Waals surface area contributed by atoms with Gasteiger partial charge < -0.3 is 4.74 Å². The summed E-state index contributed by atoms with van der Waals surface area (Å²) in [6.07, 6.45) is 19.2. The lowest BCUT2D eigenvalue weighted by atomic mass is 9.48. The van der Waals surface area contributed by atoms with Crippen LogP contribution in [0.1, 0.15) is 83.7 Å². The van der Waals surface area contributed by atoms with Crippen LogP contribution in [0.3, 0.4) is 0 Å². The van der Waals surface area contributed by atoms with Crippen molar-refractivity contribution in [3.63, 3.8) is 0 Å². The maximum absolute atomic E-state index is 11.5. The Morgan fingerprint density at radius 1 is 1.14 bits per heavy atom. The van der Waals surface area contributed by atoms with Crippen LogP contribution < -0.4 is 4.57 Å². The molecule has 4 nitrogen and oxygen atoms in total.